The Hall–Kier alpha value is -2.08. The fourth-order valence-corrected chi connectivity index (χ4v) is 16.1. The molecular formula is C55H88O23. The van der Waals surface area contributed by atoms with Gasteiger partial charge in [0.15, 0.2) is 25.2 Å². The maximum Gasteiger partial charge on any atom is 0.313 e. The Morgan fingerprint density at radius 2 is 1.35 bits per heavy atom. The van der Waals surface area contributed by atoms with Crippen molar-refractivity contribution in [2.24, 2.45) is 45.3 Å². The first-order valence-electron chi connectivity index (χ1n) is 28.3. The molecule has 2 unspecified atom stereocenters. The molecule has 9 rings (SSSR count). The number of cyclic esters (lactones) is 1. The number of aliphatic hydroxyl groups is 10. The number of carbonyl (C=O) groups excluding carboxylic acids is 2. The summed E-state index contributed by atoms with van der Waals surface area (Å²) in [5, 5.41) is 110. The third kappa shape index (κ3) is 10.2. The fourth-order valence-electron chi connectivity index (χ4n) is 16.1. The molecule has 4 aliphatic carbocycles. The largest absolute Gasteiger partial charge is 0.462 e. The molecule has 5 aliphatic heterocycles. The van der Waals surface area contributed by atoms with E-state index in [4.69, 9.17) is 52.1 Å². The zero-order chi connectivity index (χ0) is 56.7. The van der Waals surface area contributed by atoms with Crippen LogP contribution in [0.15, 0.2) is 11.6 Å². The predicted molar refractivity (Wildman–Crippen MR) is 267 cm³/mol. The third-order valence-electron chi connectivity index (χ3n) is 20.1. The SMILES string of the molecule is CO[C@@H]1[C@@H](O)[C@H](O[C@@H]2[C@@H](O)[C@H](O[C@H]3[C@H](O)[C@@H](O)[C@H](O[C@H]4[C@H](O[C@H]5CC[C@]6(C)[C@H]7CCC89C(=O)O[C@@H](CCCC(C)C)C8[C@@H](OC(C)=O)C[C@@]9(C)C7=CC[C@H]6C5(C)C)OC[C@@H](O)[C@@H]4O)O[C@@H]3C)O[C@H](CO)[C@H]2O)O[C@H](CO)[C@H]1O. The predicted octanol–water partition coefficient (Wildman–Crippen LogP) is -0.156. The first kappa shape index (κ1) is 60.5. The summed E-state index contributed by atoms with van der Waals surface area (Å²) in [7, 11) is 1.21. The van der Waals surface area contributed by atoms with Crippen molar-refractivity contribution in [1.29, 1.82) is 0 Å². The van der Waals surface area contributed by atoms with Crippen molar-refractivity contribution in [3.05, 3.63) is 11.6 Å². The second-order valence-electron chi connectivity index (χ2n) is 25.3. The fraction of sp³-hybridized carbons (Fsp3) is 0.927. The summed E-state index contributed by atoms with van der Waals surface area (Å²) in [5.74, 6) is -0.0569. The molecule has 10 N–H and O–H groups in total. The number of hydrogen-bond acceptors (Lipinski definition) is 23. The minimum absolute atomic E-state index is 0.0816. The Morgan fingerprint density at radius 1 is 0.731 bits per heavy atom. The smallest absolute Gasteiger partial charge is 0.313 e. The topological polar surface area (TPSA) is 338 Å². The molecular weight excluding hydrogens is 1030 g/mol. The van der Waals surface area contributed by atoms with E-state index >= 15 is 0 Å². The van der Waals surface area contributed by atoms with Gasteiger partial charge in [-0.15, -0.1) is 0 Å². The summed E-state index contributed by atoms with van der Waals surface area (Å²) in [5.41, 5.74) is -0.883. The van der Waals surface area contributed by atoms with Crippen molar-refractivity contribution in [2.45, 2.75) is 248 Å². The Labute approximate surface area is 455 Å². The highest BCUT2D eigenvalue weighted by molar-refractivity contribution is 5.83. The Balaban J connectivity index is 0.878. The van der Waals surface area contributed by atoms with E-state index in [0.717, 1.165) is 32.1 Å². The molecule has 78 heavy (non-hydrogen) atoms. The molecule has 0 aromatic carbocycles. The van der Waals surface area contributed by atoms with Crippen molar-refractivity contribution in [1.82, 2.24) is 0 Å². The lowest BCUT2D eigenvalue weighted by molar-refractivity contribution is -0.389. The average Bonchev–Trinajstić information content (AvgIpc) is 2.97. The molecule has 8 fully saturated rings. The number of fused-ring (bicyclic) bond motifs is 4. The first-order valence-corrected chi connectivity index (χ1v) is 28.3. The molecule has 1 spiro atoms. The lowest BCUT2D eigenvalue weighted by Crippen LogP contribution is -2.67. The van der Waals surface area contributed by atoms with E-state index in [-0.39, 0.29) is 47.8 Å². The summed E-state index contributed by atoms with van der Waals surface area (Å²) in [4.78, 5) is 27.1. The molecule has 9 aliphatic rings. The highest BCUT2D eigenvalue weighted by Crippen LogP contribution is 2.75. The Kier molecular flexibility index (Phi) is 18.0. The van der Waals surface area contributed by atoms with E-state index in [1.165, 1.54) is 26.5 Å². The van der Waals surface area contributed by atoms with Crippen LogP contribution in [-0.2, 0) is 61.7 Å². The molecule has 0 radical (unpaired) electrons. The highest BCUT2D eigenvalue weighted by atomic mass is 16.8. The number of allylic oxidation sites excluding steroid dienone is 2. The van der Waals surface area contributed by atoms with E-state index < -0.39 is 158 Å². The van der Waals surface area contributed by atoms with E-state index in [0.29, 0.717) is 31.6 Å². The van der Waals surface area contributed by atoms with E-state index in [1.807, 2.05) is 0 Å². The van der Waals surface area contributed by atoms with Gasteiger partial charge in [0.25, 0.3) is 0 Å². The van der Waals surface area contributed by atoms with Crippen molar-refractivity contribution < 1.29 is 113 Å². The Morgan fingerprint density at radius 3 is 1.97 bits per heavy atom. The van der Waals surface area contributed by atoms with E-state index in [9.17, 15) is 60.7 Å². The molecule has 0 aromatic rings. The number of methoxy groups -OCH3 is 1. The van der Waals surface area contributed by atoms with Crippen LogP contribution in [0.3, 0.4) is 0 Å². The zero-order valence-electron chi connectivity index (χ0n) is 46.4. The summed E-state index contributed by atoms with van der Waals surface area (Å²) >= 11 is 0. The van der Waals surface area contributed by atoms with Gasteiger partial charge >= 0.3 is 11.9 Å². The van der Waals surface area contributed by atoms with Gasteiger partial charge in [0, 0.05) is 19.4 Å². The summed E-state index contributed by atoms with van der Waals surface area (Å²) < 4.78 is 65.9. The van der Waals surface area contributed by atoms with Gasteiger partial charge in [-0.25, -0.2) is 0 Å². The molecule has 23 heteroatoms. The van der Waals surface area contributed by atoms with Gasteiger partial charge in [-0.05, 0) is 86.9 Å². The van der Waals surface area contributed by atoms with Crippen molar-refractivity contribution in [3.8, 4) is 0 Å². The Bertz CT molecular complexity index is 2130. The van der Waals surface area contributed by atoms with Crippen molar-refractivity contribution in [2.75, 3.05) is 26.9 Å². The molecule has 23 nitrogen and oxygen atoms in total. The molecule has 446 valence electrons. The van der Waals surface area contributed by atoms with Gasteiger partial charge in [0.05, 0.1) is 43.4 Å². The number of hydrogen-bond donors (Lipinski definition) is 10. The van der Waals surface area contributed by atoms with E-state index in [1.54, 1.807) is 0 Å². The van der Waals surface area contributed by atoms with Crippen LogP contribution in [0.4, 0.5) is 0 Å². The number of rotatable bonds is 16. The minimum Gasteiger partial charge on any atom is -0.462 e. The molecule has 3 saturated carbocycles. The van der Waals surface area contributed by atoms with Gasteiger partial charge < -0.3 is 103 Å². The van der Waals surface area contributed by atoms with Crippen LogP contribution in [-0.4, -0.2) is 225 Å². The molecule has 5 saturated heterocycles. The zero-order valence-corrected chi connectivity index (χ0v) is 46.4. The standard InChI is InChI=1S/C55H88O23/c1-23(2)11-10-12-29-35-30(71-25(4)58)19-54(8)27-13-14-33-52(5,6)34(16-17-53(33,7)26(27)15-18-55(35,54)51(67)74-29)75-50-46(36(60)28(59)22-69-50)78-47-40(64)39(63)43(24(3)70-47)76-49-42(66)45(38(62)32(21-57)73-49)77-48-41(65)44(68-9)37(61)31(20-56)72-48/h13,23-24,26,28-50,56-57,59-66H,10-12,14-22H2,1-9H3/t24-,26+,28-,29+,30+,31-,32-,33+,34+,35?,36+,37-,38-,39-,40-,41-,42-,43-,44+,45+,46-,47+,48+,49+,50+,53-,54+,55?/m1/s1. The van der Waals surface area contributed by atoms with Crippen LogP contribution < -0.4 is 0 Å². The van der Waals surface area contributed by atoms with Gasteiger partial charge in [-0.1, -0.05) is 59.6 Å². The number of esters is 2. The molecule has 0 amide bonds. The van der Waals surface area contributed by atoms with Crippen molar-refractivity contribution >= 4 is 11.9 Å². The van der Waals surface area contributed by atoms with Gasteiger partial charge in [0.1, 0.15) is 97.7 Å². The molecule has 0 aromatic heterocycles. The van der Waals surface area contributed by atoms with Crippen LogP contribution in [0.2, 0.25) is 0 Å². The maximum atomic E-state index is 14.5. The van der Waals surface area contributed by atoms with Gasteiger partial charge in [-0.2, -0.15) is 0 Å². The molecule has 0 bridgehead atoms. The van der Waals surface area contributed by atoms with Gasteiger partial charge in [0.2, 0.25) is 0 Å². The second kappa shape index (κ2) is 23.2. The summed E-state index contributed by atoms with van der Waals surface area (Å²) in [6.45, 7) is 14.3. The number of ether oxygens (including phenoxy) is 11. The first-order chi connectivity index (χ1) is 36.8. The molecule has 5 heterocycles. The quantitative estimate of drug-likeness (QED) is 0.0709. The van der Waals surface area contributed by atoms with Crippen LogP contribution in [0.5, 0.6) is 0 Å². The minimum atomic E-state index is -1.91. The van der Waals surface area contributed by atoms with E-state index in [2.05, 4.69) is 47.6 Å². The number of carbonyl (C=O) groups is 2. The maximum absolute atomic E-state index is 14.5. The summed E-state index contributed by atoms with van der Waals surface area (Å²) in [6, 6.07) is 0. The highest BCUT2D eigenvalue weighted by Gasteiger charge is 2.77. The lowest BCUT2D eigenvalue weighted by atomic mass is 9.41. The normalized spacial score (nSPS) is 50.9. The van der Waals surface area contributed by atoms with Crippen LogP contribution >= 0.6 is 0 Å². The number of aliphatic hydroxyl groups excluding tert-OH is 10. The van der Waals surface area contributed by atoms with Crippen LogP contribution in [0.1, 0.15) is 113 Å². The average molecular weight is 1120 g/mol. The van der Waals surface area contributed by atoms with Crippen molar-refractivity contribution in [3.63, 3.8) is 0 Å². The van der Waals surface area contributed by atoms with Crippen LogP contribution in [0.25, 0.3) is 0 Å². The third-order valence-corrected chi connectivity index (χ3v) is 20.1. The second-order valence-corrected chi connectivity index (χ2v) is 25.3. The van der Waals surface area contributed by atoms with Crippen LogP contribution in [0, 0.1) is 45.3 Å². The monoisotopic (exact) mass is 1120 g/mol. The summed E-state index contributed by atoms with van der Waals surface area (Å²) in [6.07, 6.45) is -22.0. The van der Waals surface area contributed by atoms with Gasteiger partial charge in [-0.3, -0.25) is 9.59 Å². The lowest BCUT2D eigenvalue weighted by Gasteiger charge is -2.63. The molecule has 28 atom stereocenters.